The number of nitrogens with zero attached hydrogens (tertiary/aromatic N) is 1. The van der Waals surface area contributed by atoms with Gasteiger partial charge in [0.2, 0.25) is 5.91 Å². The van der Waals surface area contributed by atoms with Gasteiger partial charge in [-0.15, -0.1) is 0 Å². The summed E-state index contributed by atoms with van der Waals surface area (Å²) in [6.07, 6.45) is 2.70. The van der Waals surface area contributed by atoms with Crippen LogP contribution in [0, 0.1) is 5.92 Å². The van der Waals surface area contributed by atoms with Gasteiger partial charge in [-0.25, -0.2) is 0 Å². The van der Waals surface area contributed by atoms with Gasteiger partial charge in [-0.2, -0.15) is 0 Å². The Morgan fingerprint density at radius 2 is 1.94 bits per heavy atom. The van der Waals surface area contributed by atoms with Crippen LogP contribution < -0.4 is 0 Å². The first-order valence-electron chi connectivity index (χ1n) is 6.14. The summed E-state index contributed by atoms with van der Waals surface area (Å²) in [4.78, 5) is 24.1. The summed E-state index contributed by atoms with van der Waals surface area (Å²) in [6, 6.07) is 0. The van der Waals surface area contributed by atoms with Crippen molar-refractivity contribution in [2.24, 2.45) is 5.92 Å². The smallest absolute Gasteiger partial charge is 0.308 e. The van der Waals surface area contributed by atoms with Crippen LogP contribution in [0.1, 0.15) is 39.5 Å². The number of hydrogen-bond donors (Lipinski definition) is 2. The molecule has 0 aromatic carbocycles. The van der Waals surface area contributed by atoms with E-state index in [1.165, 1.54) is 0 Å². The molecule has 1 amide bonds. The van der Waals surface area contributed by atoms with Gasteiger partial charge in [-0.05, 0) is 12.8 Å². The second kappa shape index (κ2) is 8.98. The molecular weight excluding hydrogens is 222 g/mol. The minimum Gasteiger partial charge on any atom is -0.481 e. The normalized spacial score (nSPS) is 12.2. The Hall–Kier alpha value is -1.10. The predicted octanol–water partition coefficient (Wildman–Crippen LogP) is 1.11. The lowest BCUT2D eigenvalue weighted by Gasteiger charge is -2.24. The van der Waals surface area contributed by atoms with Gasteiger partial charge in [0.1, 0.15) is 0 Å². The molecule has 0 rings (SSSR count). The number of rotatable bonds is 9. The third kappa shape index (κ3) is 6.94. The number of aliphatic carboxylic acids is 1. The predicted molar refractivity (Wildman–Crippen MR) is 64.6 cm³/mol. The van der Waals surface area contributed by atoms with Crippen molar-refractivity contribution in [3.63, 3.8) is 0 Å². The molecule has 0 aromatic rings. The number of hydrogen-bond acceptors (Lipinski definition) is 3. The Morgan fingerprint density at radius 1 is 1.29 bits per heavy atom. The summed E-state index contributed by atoms with van der Waals surface area (Å²) in [7, 11) is 0. The quantitative estimate of drug-likeness (QED) is 0.638. The fraction of sp³-hybridized carbons (Fsp3) is 0.833. The maximum atomic E-state index is 11.8. The molecule has 0 radical (unpaired) electrons. The lowest BCUT2D eigenvalue weighted by atomic mass is 10.1. The molecule has 1 atom stereocenters. The van der Waals surface area contributed by atoms with E-state index >= 15 is 0 Å². The van der Waals surface area contributed by atoms with E-state index in [9.17, 15) is 9.59 Å². The molecule has 0 saturated carbocycles. The average molecular weight is 245 g/mol. The van der Waals surface area contributed by atoms with E-state index < -0.39 is 11.9 Å². The molecule has 1 unspecified atom stereocenters. The standard InChI is InChI=1S/C12H23NO4/c1-3-4-6-11(15)13(7-5-8-14)9-10(2)12(16)17/h10,14H,3-9H2,1-2H3,(H,16,17). The molecule has 0 aliphatic carbocycles. The van der Waals surface area contributed by atoms with E-state index in [2.05, 4.69) is 0 Å². The molecule has 0 saturated heterocycles. The van der Waals surface area contributed by atoms with Gasteiger partial charge in [-0.3, -0.25) is 9.59 Å². The van der Waals surface area contributed by atoms with Crippen LogP contribution in [0.25, 0.3) is 0 Å². The minimum absolute atomic E-state index is 0.0129. The topological polar surface area (TPSA) is 77.8 Å². The summed E-state index contributed by atoms with van der Waals surface area (Å²) in [5.41, 5.74) is 0. The highest BCUT2D eigenvalue weighted by atomic mass is 16.4. The Labute approximate surface area is 102 Å². The molecule has 2 N–H and O–H groups in total. The van der Waals surface area contributed by atoms with Gasteiger partial charge in [0, 0.05) is 26.1 Å². The van der Waals surface area contributed by atoms with Gasteiger partial charge in [0.15, 0.2) is 0 Å². The second-order valence-electron chi connectivity index (χ2n) is 4.26. The summed E-state index contributed by atoms with van der Waals surface area (Å²) < 4.78 is 0. The van der Waals surface area contributed by atoms with Gasteiger partial charge >= 0.3 is 5.97 Å². The van der Waals surface area contributed by atoms with Crippen molar-refractivity contribution in [3.05, 3.63) is 0 Å². The van der Waals surface area contributed by atoms with E-state index in [0.717, 1.165) is 12.8 Å². The number of aliphatic hydroxyl groups is 1. The molecular formula is C12H23NO4. The SMILES string of the molecule is CCCCC(=O)N(CCCO)CC(C)C(=O)O. The number of amides is 1. The Bertz CT molecular complexity index is 243. The van der Waals surface area contributed by atoms with E-state index in [-0.39, 0.29) is 19.1 Å². The molecule has 0 fully saturated rings. The van der Waals surface area contributed by atoms with E-state index in [1.54, 1.807) is 11.8 Å². The van der Waals surface area contributed by atoms with Crippen LogP contribution in [0.2, 0.25) is 0 Å². The summed E-state index contributed by atoms with van der Waals surface area (Å²) >= 11 is 0. The number of unbranched alkanes of at least 4 members (excludes halogenated alkanes) is 1. The Morgan fingerprint density at radius 3 is 2.41 bits per heavy atom. The molecule has 0 aromatic heterocycles. The molecule has 0 heterocycles. The van der Waals surface area contributed by atoms with Crippen LogP contribution in [0.4, 0.5) is 0 Å². The monoisotopic (exact) mass is 245 g/mol. The number of carbonyl (C=O) groups excluding carboxylic acids is 1. The first kappa shape index (κ1) is 15.9. The molecule has 100 valence electrons. The third-order valence-corrected chi connectivity index (χ3v) is 2.60. The van der Waals surface area contributed by atoms with E-state index in [1.807, 2.05) is 6.92 Å². The van der Waals surface area contributed by atoms with Gasteiger partial charge in [-0.1, -0.05) is 20.3 Å². The molecule has 5 heteroatoms. The van der Waals surface area contributed by atoms with Crippen LogP contribution in [-0.4, -0.2) is 46.7 Å². The highest BCUT2D eigenvalue weighted by Crippen LogP contribution is 2.06. The van der Waals surface area contributed by atoms with Crippen molar-refractivity contribution < 1.29 is 19.8 Å². The number of carboxylic acids is 1. The fourth-order valence-corrected chi connectivity index (χ4v) is 1.47. The summed E-state index contributed by atoms with van der Waals surface area (Å²) in [5, 5.41) is 17.6. The van der Waals surface area contributed by atoms with Crippen LogP contribution in [0.15, 0.2) is 0 Å². The van der Waals surface area contributed by atoms with Gasteiger partial charge < -0.3 is 15.1 Å². The van der Waals surface area contributed by atoms with Crippen molar-refractivity contribution >= 4 is 11.9 Å². The minimum atomic E-state index is -0.901. The molecule has 0 aliphatic rings. The number of carboxylic acid groups (broad SMARTS) is 1. The highest BCUT2D eigenvalue weighted by Gasteiger charge is 2.19. The largest absolute Gasteiger partial charge is 0.481 e. The van der Waals surface area contributed by atoms with Gasteiger partial charge in [0.05, 0.1) is 5.92 Å². The maximum absolute atomic E-state index is 11.8. The fourth-order valence-electron chi connectivity index (χ4n) is 1.47. The highest BCUT2D eigenvalue weighted by molar-refractivity contribution is 5.77. The first-order valence-corrected chi connectivity index (χ1v) is 6.14. The zero-order valence-corrected chi connectivity index (χ0v) is 10.7. The Balaban J connectivity index is 4.30. The van der Waals surface area contributed by atoms with Crippen molar-refractivity contribution in [1.82, 2.24) is 4.90 Å². The second-order valence-corrected chi connectivity index (χ2v) is 4.26. The van der Waals surface area contributed by atoms with Crippen molar-refractivity contribution in [1.29, 1.82) is 0 Å². The van der Waals surface area contributed by atoms with Crippen molar-refractivity contribution in [2.75, 3.05) is 19.7 Å². The third-order valence-electron chi connectivity index (χ3n) is 2.60. The number of carbonyl (C=O) groups is 2. The Kier molecular flexibility index (Phi) is 8.40. The van der Waals surface area contributed by atoms with Crippen LogP contribution >= 0.6 is 0 Å². The summed E-state index contributed by atoms with van der Waals surface area (Å²) in [5.74, 6) is -1.49. The van der Waals surface area contributed by atoms with E-state index in [0.29, 0.717) is 19.4 Å². The maximum Gasteiger partial charge on any atom is 0.308 e. The number of aliphatic hydroxyl groups excluding tert-OH is 1. The lowest BCUT2D eigenvalue weighted by molar-refractivity contribution is -0.143. The van der Waals surface area contributed by atoms with E-state index in [4.69, 9.17) is 10.2 Å². The van der Waals surface area contributed by atoms with Crippen LogP contribution in [0.3, 0.4) is 0 Å². The molecule has 17 heavy (non-hydrogen) atoms. The molecule has 0 bridgehead atoms. The lowest BCUT2D eigenvalue weighted by Crippen LogP contribution is -2.37. The molecule has 0 aliphatic heterocycles. The van der Waals surface area contributed by atoms with Gasteiger partial charge in [0.25, 0.3) is 0 Å². The van der Waals surface area contributed by atoms with Crippen molar-refractivity contribution in [3.8, 4) is 0 Å². The van der Waals surface area contributed by atoms with Crippen molar-refractivity contribution in [2.45, 2.75) is 39.5 Å². The first-order chi connectivity index (χ1) is 8.02. The zero-order valence-electron chi connectivity index (χ0n) is 10.7. The molecule has 5 nitrogen and oxygen atoms in total. The molecule has 0 spiro atoms. The van der Waals surface area contributed by atoms with Crippen LogP contribution in [0.5, 0.6) is 0 Å². The zero-order chi connectivity index (χ0) is 13.3. The summed E-state index contributed by atoms with van der Waals surface area (Å²) in [6.45, 7) is 4.25. The van der Waals surface area contributed by atoms with Crippen LogP contribution in [-0.2, 0) is 9.59 Å². The average Bonchev–Trinajstić information content (AvgIpc) is 2.30.